The molecule has 0 spiro atoms. The van der Waals surface area contributed by atoms with Crippen LogP contribution in [0, 0.1) is 0 Å². The molecule has 0 fully saturated rings. The van der Waals surface area contributed by atoms with Crippen LogP contribution in [0.1, 0.15) is 28.7 Å². The Labute approximate surface area is 208 Å². The number of fused-ring (bicyclic) bond motifs is 1. The van der Waals surface area contributed by atoms with Crippen LogP contribution in [-0.4, -0.2) is 75.9 Å². The molecule has 3 atom stereocenters. The van der Waals surface area contributed by atoms with Crippen molar-refractivity contribution < 1.29 is 39.7 Å². The molecule has 1 aromatic carbocycles. The van der Waals surface area contributed by atoms with Gasteiger partial charge in [-0.05, 0) is 30.7 Å². The summed E-state index contributed by atoms with van der Waals surface area (Å²) in [5, 5.41) is 22.5. The molecule has 3 amide bonds. The second-order valence-corrected chi connectivity index (χ2v) is 7.23. The Balaban J connectivity index is 1.94. The molecular formula is C21H23N7O8. The SMILES string of the molecule is [2H]C1Nc2nc(N)[nH]c(=O)c2N(C=O)C1([2H])C([2H])([2H])N(C=O)c1ccc(C(=O)N[C@@H](CCC(=O)O)C(=O)O)cc1. The molecule has 0 bridgehead atoms. The van der Waals surface area contributed by atoms with Crippen LogP contribution in [0.4, 0.5) is 23.1 Å². The summed E-state index contributed by atoms with van der Waals surface area (Å²) in [6.07, 6.45) is -0.978. The lowest BCUT2D eigenvalue weighted by atomic mass is 10.1. The van der Waals surface area contributed by atoms with Gasteiger partial charge in [-0.2, -0.15) is 4.98 Å². The average Bonchev–Trinajstić information content (AvgIpc) is 2.87. The van der Waals surface area contributed by atoms with E-state index in [2.05, 4.69) is 20.6 Å². The first kappa shape index (κ1) is 20.4. The molecule has 1 aromatic heterocycles. The van der Waals surface area contributed by atoms with Crippen LogP contribution < -0.4 is 31.7 Å². The number of hydrogen-bond donors (Lipinski definition) is 6. The van der Waals surface area contributed by atoms with Gasteiger partial charge in [0.25, 0.3) is 11.5 Å². The number of amides is 3. The number of nitrogens with two attached hydrogens (primary N) is 1. The van der Waals surface area contributed by atoms with Crippen molar-refractivity contribution in [2.24, 2.45) is 0 Å². The summed E-state index contributed by atoms with van der Waals surface area (Å²) in [7, 11) is 0. The van der Waals surface area contributed by atoms with Crippen molar-refractivity contribution >= 4 is 53.8 Å². The third kappa shape index (κ3) is 5.75. The molecular weight excluding hydrogens is 478 g/mol. The molecule has 2 heterocycles. The number of hydrogen-bond acceptors (Lipinski definition) is 9. The predicted octanol–water partition coefficient (Wildman–Crippen LogP) is -1.18. The second kappa shape index (κ2) is 11.0. The number of carbonyl (C=O) groups is 5. The minimum absolute atomic E-state index is 0.0194. The molecule has 7 N–H and O–H groups in total. The summed E-state index contributed by atoms with van der Waals surface area (Å²) in [5.41, 5.74) is 3.49. The van der Waals surface area contributed by atoms with Crippen molar-refractivity contribution in [1.82, 2.24) is 15.3 Å². The van der Waals surface area contributed by atoms with Crippen LogP contribution >= 0.6 is 0 Å². The first-order valence-corrected chi connectivity index (χ1v) is 10.1. The van der Waals surface area contributed by atoms with Gasteiger partial charge in [0.2, 0.25) is 18.8 Å². The number of aliphatic carboxylic acids is 2. The van der Waals surface area contributed by atoms with Gasteiger partial charge in [0.1, 0.15) is 6.04 Å². The third-order valence-electron chi connectivity index (χ3n) is 4.86. The molecule has 15 nitrogen and oxygen atoms in total. The van der Waals surface area contributed by atoms with Gasteiger partial charge in [0.05, 0.1) is 11.5 Å². The van der Waals surface area contributed by atoms with Crippen molar-refractivity contribution in [2.45, 2.75) is 24.9 Å². The van der Waals surface area contributed by atoms with Crippen molar-refractivity contribution in [3.05, 3.63) is 40.2 Å². The van der Waals surface area contributed by atoms with E-state index in [4.69, 9.17) is 16.3 Å². The molecule has 0 radical (unpaired) electrons. The van der Waals surface area contributed by atoms with E-state index in [1.807, 2.05) is 0 Å². The first-order valence-electron chi connectivity index (χ1n) is 12.2. The summed E-state index contributed by atoms with van der Waals surface area (Å²) in [5.74, 6) is -4.35. The maximum atomic E-state index is 12.5. The minimum atomic E-state index is -3.20. The van der Waals surface area contributed by atoms with Gasteiger partial charge < -0.3 is 36.4 Å². The fourth-order valence-electron chi connectivity index (χ4n) is 3.15. The largest absolute Gasteiger partial charge is 0.481 e. The summed E-state index contributed by atoms with van der Waals surface area (Å²) < 4.78 is 34.5. The Morgan fingerprint density at radius 2 is 2.06 bits per heavy atom. The van der Waals surface area contributed by atoms with Gasteiger partial charge >= 0.3 is 11.9 Å². The maximum Gasteiger partial charge on any atom is 0.326 e. The highest BCUT2D eigenvalue weighted by Gasteiger charge is 2.31. The van der Waals surface area contributed by atoms with Crippen LogP contribution in [0.3, 0.4) is 0 Å². The molecule has 36 heavy (non-hydrogen) atoms. The topological polar surface area (TPSA) is 228 Å². The van der Waals surface area contributed by atoms with E-state index in [-0.39, 0.29) is 42.3 Å². The summed E-state index contributed by atoms with van der Waals surface area (Å²) in [6, 6.07) is -0.105. The normalized spacial score (nSPS) is 21.2. The Kier molecular flexibility index (Phi) is 6.23. The number of benzene rings is 1. The van der Waals surface area contributed by atoms with Crippen molar-refractivity contribution in [3.63, 3.8) is 0 Å². The van der Waals surface area contributed by atoms with E-state index in [9.17, 15) is 33.9 Å². The molecule has 1 aliphatic heterocycles. The molecule has 0 aliphatic carbocycles. The highest BCUT2D eigenvalue weighted by Crippen LogP contribution is 2.26. The minimum Gasteiger partial charge on any atom is -0.481 e. The van der Waals surface area contributed by atoms with E-state index in [0.29, 0.717) is 9.80 Å². The molecule has 2 unspecified atom stereocenters. The Morgan fingerprint density at radius 3 is 2.64 bits per heavy atom. The van der Waals surface area contributed by atoms with Crippen molar-refractivity contribution in [2.75, 3.05) is 33.9 Å². The smallest absolute Gasteiger partial charge is 0.326 e. The standard InChI is InChI=1S/C21H23N7O8/c22-21-25-17-16(19(34)26-21)28(10-30)13(7-23-17)8-27(9-29)12-3-1-11(2-4-12)18(33)24-14(20(35)36)5-6-15(31)32/h1-4,9-10,13-14H,5-8H2,(H,24,33)(H,31,32)(H,35,36)(H4,22,23,25,26,34)/t13?,14-/m0/s1/i7D,8D2,13D/t7?,13?,14-. The first-order chi connectivity index (χ1) is 18.7. The molecule has 1 aliphatic rings. The van der Waals surface area contributed by atoms with E-state index in [0.717, 1.165) is 24.3 Å². The second-order valence-electron chi connectivity index (χ2n) is 7.23. The van der Waals surface area contributed by atoms with E-state index < -0.39 is 60.6 Å². The molecule has 15 heteroatoms. The number of carbonyl (C=O) groups excluding carboxylic acids is 3. The monoisotopic (exact) mass is 505 g/mol. The Hall–Kier alpha value is -4.95. The Morgan fingerprint density at radius 1 is 1.36 bits per heavy atom. The van der Waals surface area contributed by atoms with Crippen LogP contribution in [0.2, 0.25) is 0 Å². The van der Waals surface area contributed by atoms with Crippen molar-refractivity contribution in [3.8, 4) is 0 Å². The van der Waals surface area contributed by atoms with Crippen LogP contribution in [0.5, 0.6) is 0 Å². The highest BCUT2D eigenvalue weighted by atomic mass is 16.4. The zero-order chi connectivity index (χ0) is 30.0. The number of anilines is 4. The highest BCUT2D eigenvalue weighted by molar-refractivity contribution is 5.97. The van der Waals surface area contributed by atoms with Crippen LogP contribution in [-0.2, 0) is 19.2 Å². The Bertz CT molecular complexity index is 1410. The number of aromatic nitrogens is 2. The van der Waals surface area contributed by atoms with Gasteiger partial charge in [-0.1, -0.05) is 0 Å². The van der Waals surface area contributed by atoms with Gasteiger partial charge in [-0.25, -0.2) is 4.79 Å². The number of carboxylic acids is 2. The number of nitrogen functional groups attached to an aromatic ring is 1. The zero-order valence-electron chi connectivity index (χ0n) is 22.3. The van der Waals surface area contributed by atoms with E-state index in [1.165, 1.54) is 0 Å². The zero-order valence-corrected chi connectivity index (χ0v) is 18.3. The number of nitrogens with one attached hydrogen (secondary N) is 3. The molecule has 3 rings (SSSR count). The average molecular weight is 505 g/mol. The van der Waals surface area contributed by atoms with Crippen LogP contribution in [0.25, 0.3) is 0 Å². The van der Waals surface area contributed by atoms with E-state index >= 15 is 0 Å². The lowest BCUT2D eigenvalue weighted by Gasteiger charge is -2.35. The predicted molar refractivity (Wildman–Crippen MR) is 126 cm³/mol. The van der Waals surface area contributed by atoms with Gasteiger partial charge in [0, 0.05) is 30.7 Å². The lowest BCUT2D eigenvalue weighted by Crippen LogP contribution is -2.52. The number of carboxylic acid groups (broad SMARTS) is 2. The molecule has 0 saturated heterocycles. The summed E-state index contributed by atoms with van der Waals surface area (Å²) >= 11 is 0. The number of nitrogens with zero attached hydrogens (tertiary/aromatic N) is 3. The van der Waals surface area contributed by atoms with Gasteiger partial charge in [0.15, 0.2) is 11.5 Å². The molecule has 2 aromatic rings. The molecule has 0 saturated carbocycles. The van der Waals surface area contributed by atoms with Gasteiger partial charge in [-0.3, -0.25) is 29.0 Å². The number of rotatable bonds is 11. The number of aromatic amines is 1. The molecule has 190 valence electrons. The summed E-state index contributed by atoms with van der Waals surface area (Å²) in [6.45, 7) is -5.20. The third-order valence-corrected chi connectivity index (χ3v) is 4.86. The number of H-pyrrole nitrogens is 1. The van der Waals surface area contributed by atoms with E-state index in [1.54, 1.807) is 0 Å². The van der Waals surface area contributed by atoms with Crippen LogP contribution in [0.15, 0.2) is 29.1 Å². The lowest BCUT2D eigenvalue weighted by molar-refractivity contribution is -0.140. The van der Waals surface area contributed by atoms with Gasteiger partial charge in [-0.15, -0.1) is 0 Å². The summed E-state index contributed by atoms with van der Waals surface area (Å²) in [4.78, 5) is 77.8. The van der Waals surface area contributed by atoms with Crippen molar-refractivity contribution in [1.29, 1.82) is 0 Å². The fourth-order valence-corrected chi connectivity index (χ4v) is 3.15. The quantitative estimate of drug-likeness (QED) is 0.199. The maximum absolute atomic E-state index is 12.5. The fraction of sp³-hybridized carbons (Fsp3) is 0.286.